The molecule has 3 aromatic rings. The van der Waals surface area contributed by atoms with Gasteiger partial charge in [0.15, 0.2) is 11.6 Å². The van der Waals surface area contributed by atoms with E-state index in [2.05, 4.69) is 10.7 Å². The van der Waals surface area contributed by atoms with E-state index in [0.29, 0.717) is 17.9 Å². The lowest BCUT2D eigenvalue weighted by atomic mass is 10.2. The first-order valence-electron chi connectivity index (χ1n) is 8.47. The zero-order valence-electron chi connectivity index (χ0n) is 15.2. The minimum Gasteiger partial charge on any atom is -0.436 e. The molecular formula is C20H20F2N4O2+2. The Hall–Kier alpha value is -3.52. The lowest BCUT2D eigenvalue weighted by Crippen LogP contribution is -2.47. The number of amidine groups is 1. The van der Waals surface area contributed by atoms with Crippen molar-refractivity contribution in [1.82, 2.24) is 4.98 Å². The topological polar surface area (TPSA) is 111 Å². The van der Waals surface area contributed by atoms with E-state index in [-0.39, 0.29) is 17.1 Å². The molecule has 0 unspecified atom stereocenters. The molecule has 0 spiro atoms. The van der Waals surface area contributed by atoms with Crippen LogP contribution in [0.3, 0.4) is 0 Å². The summed E-state index contributed by atoms with van der Waals surface area (Å²) < 4.78 is 40.0. The molecule has 0 saturated carbocycles. The van der Waals surface area contributed by atoms with Gasteiger partial charge in [0.25, 0.3) is 17.6 Å². The van der Waals surface area contributed by atoms with E-state index in [4.69, 9.17) is 20.6 Å². The molecule has 28 heavy (non-hydrogen) atoms. The molecule has 0 bridgehead atoms. The summed E-state index contributed by atoms with van der Waals surface area (Å²) in [6.45, 7) is 1.82. The monoisotopic (exact) mass is 386 g/mol. The second kappa shape index (κ2) is 8.01. The first-order valence-corrected chi connectivity index (χ1v) is 8.47. The fourth-order valence-electron chi connectivity index (χ4n) is 2.47. The first-order chi connectivity index (χ1) is 13.4. The average molecular weight is 386 g/mol. The van der Waals surface area contributed by atoms with Crippen molar-refractivity contribution >= 4 is 5.84 Å². The van der Waals surface area contributed by atoms with Gasteiger partial charge in [0.05, 0.1) is 12.1 Å². The highest BCUT2D eigenvalue weighted by Crippen LogP contribution is 2.32. The molecule has 0 aliphatic heterocycles. The molecule has 1 heterocycles. The fraction of sp³-hybridized carbons (Fsp3) is 0.100. The van der Waals surface area contributed by atoms with Crippen LogP contribution in [-0.4, -0.2) is 10.8 Å². The van der Waals surface area contributed by atoms with Crippen LogP contribution in [0.2, 0.25) is 0 Å². The molecule has 0 aliphatic carbocycles. The number of quaternary nitrogens is 1. The Labute approximate surface area is 160 Å². The smallest absolute Gasteiger partial charge is 0.270 e. The van der Waals surface area contributed by atoms with E-state index in [1.807, 2.05) is 6.07 Å². The van der Waals surface area contributed by atoms with Gasteiger partial charge in [0, 0.05) is 11.1 Å². The second-order valence-electron chi connectivity index (χ2n) is 6.06. The van der Waals surface area contributed by atoms with Crippen molar-refractivity contribution in [2.24, 2.45) is 5.73 Å². The number of rotatable bonds is 6. The number of halogens is 2. The number of nitrogens with two attached hydrogens (primary N) is 2. The van der Waals surface area contributed by atoms with Gasteiger partial charge < -0.3 is 15.2 Å². The predicted octanol–water partition coefficient (Wildman–Crippen LogP) is 1.46. The molecule has 0 radical (unpaired) electrons. The minimum absolute atomic E-state index is 0.0866. The summed E-state index contributed by atoms with van der Waals surface area (Å²) in [4.78, 5) is 3.87. The predicted molar refractivity (Wildman–Crippen MR) is 98.7 cm³/mol. The van der Waals surface area contributed by atoms with Gasteiger partial charge in [-0.1, -0.05) is 18.2 Å². The number of pyridine rings is 1. The van der Waals surface area contributed by atoms with Gasteiger partial charge in [-0.25, -0.2) is 8.78 Å². The van der Waals surface area contributed by atoms with Crippen molar-refractivity contribution in [3.05, 3.63) is 76.9 Å². The normalized spacial score (nSPS) is 10.6. The second-order valence-corrected chi connectivity index (χ2v) is 6.06. The van der Waals surface area contributed by atoms with Crippen LogP contribution in [0.1, 0.15) is 16.7 Å². The van der Waals surface area contributed by atoms with Gasteiger partial charge in [-0.15, -0.1) is 0 Å². The van der Waals surface area contributed by atoms with Crippen molar-refractivity contribution < 1.29 is 29.4 Å². The van der Waals surface area contributed by atoms with E-state index in [9.17, 15) is 8.78 Å². The van der Waals surface area contributed by atoms with Crippen LogP contribution >= 0.6 is 0 Å². The summed E-state index contributed by atoms with van der Waals surface area (Å²) in [6, 6.07) is 13.4. The molecule has 8 heteroatoms. The Morgan fingerprint density at radius 1 is 1.04 bits per heavy atom. The lowest BCUT2D eigenvalue weighted by molar-refractivity contribution is -0.386. The molecular weight excluding hydrogens is 366 g/mol. The molecule has 3 rings (SSSR count). The third kappa shape index (κ3) is 4.07. The summed E-state index contributed by atoms with van der Waals surface area (Å²) in [7, 11) is 0. The maximum absolute atomic E-state index is 14.5. The number of hydrogen-bond acceptors (Lipinski definition) is 3. The van der Waals surface area contributed by atoms with Gasteiger partial charge in [-0.3, -0.25) is 11.1 Å². The van der Waals surface area contributed by atoms with Crippen LogP contribution in [-0.2, 0) is 6.54 Å². The van der Waals surface area contributed by atoms with E-state index in [1.165, 1.54) is 13.0 Å². The summed E-state index contributed by atoms with van der Waals surface area (Å²) in [5.41, 5.74) is 10.5. The zero-order chi connectivity index (χ0) is 20.3. The molecule has 2 aromatic carbocycles. The summed E-state index contributed by atoms with van der Waals surface area (Å²) in [5.74, 6) is -1.95. The summed E-state index contributed by atoms with van der Waals surface area (Å²) in [6.07, 6.45) is 0. The van der Waals surface area contributed by atoms with Crippen LogP contribution in [0, 0.1) is 18.6 Å². The highest BCUT2D eigenvalue weighted by atomic mass is 19.1. The zero-order valence-corrected chi connectivity index (χ0v) is 15.2. The fourth-order valence-corrected chi connectivity index (χ4v) is 2.47. The average Bonchev–Trinajstić information content (AvgIpc) is 2.70. The maximum Gasteiger partial charge on any atom is 0.270 e. The van der Waals surface area contributed by atoms with Crippen molar-refractivity contribution in [3.8, 4) is 23.3 Å². The van der Waals surface area contributed by atoms with Gasteiger partial charge in [-0.05, 0) is 37.3 Å². The van der Waals surface area contributed by atoms with Gasteiger partial charge in [0.2, 0.25) is 0 Å². The summed E-state index contributed by atoms with van der Waals surface area (Å²) >= 11 is 0. The van der Waals surface area contributed by atoms with Crippen LogP contribution in [0.4, 0.5) is 8.78 Å². The highest BCUT2D eigenvalue weighted by molar-refractivity contribution is 5.92. The van der Waals surface area contributed by atoms with Gasteiger partial charge in [-0.2, -0.15) is 4.98 Å². The largest absolute Gasteiger partial charge is 0.436 e. The van der Waals surface area contributed by atoms with Crippen molar-refractivity contribution in [3.63, 3.8) is 0 Å². The molecule has 1 aromatic heterocycles. The van der Waals surface area contributed by atoms with Crippen LogP contribution < -0.4 is 26.4 Å². The third-order valence-corrected chi connectivity index (χ3v) is 4.02. The Bertz CT molecular complexity index is 1040. The Balaban J connectivity index is 1.96. The number of nitrogens with zero attached hydrogens (tertiary/aromatic N) is 1. The summed E-state index contributed by atoms with van der Waals surface area (Å²) in [5, 5.41) is 5.56. The Morgan fingerprint density at radius 2 is 1.61 bits per heavy atom. The molecule has 144 valence electrons. The molecule has 0 aliphatic rings. The standard InChI is InChI=1S/C20H18F2N4O2/c1-11-16(21)19(27-14-6-2-4-12(8-14)10-23)26-20(17(11)22)28-15-7-3-5-13(9-15)18(24)25/h2-9H,10,23H2,1H3,(H3,24,25)/p+2. The molecule has 0 atom stereocenters. The van der Waals surface area contributed by atoms with Crippen LogP contribution in [0.25, 0.3) is 0 Å². The molecule has 7 N–H and O–H groups in total. The first kappa shape index (κ1) is 19.2. The lowest BCUT2D eigenvalue weighted by Gasteiger charge is -2.12. The van der Waals surface area contributed by atoms with Gasteiger partial charge >= 0.3 is 0 Å². The number of benzene rings is 2. The Morgan fingerprint density at radius 3 is 2.18 bits per heavy atom. The van der Waals surface area contributed by atoms with Crippen molar-refractivity contribution in [2.45, 2.75) is 13.5 Å². The van der Waals surface area contributed by atoms with E-state index in [0.717, 1.165) is 5.56 Å². The molecule has 0 fully saturated rings. The third-order valence-electron chi connectivity index (χ3n) is 4.02. The number of aromatic nitrogens is 1. The Kier molecular flexibility index (Phi) is 5.51. The maximum atomic E-state index is 14.5. The minimum atomic E-state index is -0.925. The SMILES string of the molecule is Cc1c(F)c(Oc2cccc(C[NH3+])c2)nc(Oc2cccc(C(N)=[NH2+])c2)c1F. The molecule has 0 saturated heterocycles. The van der Waals surface area contributed by atoms with Crippen molar-refractivity contribution in [1.29, 1.82) is 0 Å². The van der Waals surface area contributed by atoms with E-state index in [1.54, 1.807) is 36.4 Å². The van der Waals surface area contributed by atoms with Crippen LogP contribution in [0.5, 0.6) is 23.3 Å². The van der Waals surface area contributed by atoms with Gasteiger partial charge in [0.1, 0.15) is 11.5 Å². The molecule has 0 amide bonds. The van der Waals surface area contributed by atoms with Crippen LogP contribution in [0.15, 0.2) is 48.5 Å². The quantitative estimate of drug-likeness (QED) is 0.440. The highest BCUT2D eigenvalue weighted by Gasteiger charge is 2.21. The van der Waals surface area contributed by atoms with E-state index < -0.39 is 23.4 Å². The molecule has 6 nitrogen and oxygen atoms in total. The van der Waals surface area contributed by atoms with E-state index >= 15 is 0 Å². The van der Waals surface area contributed by atoms with Crippen molar-refractivity contribution in [2.75, 3.05) is 0 Å². The number of ether oxygens (including phenoxy) is 2. The number of hydrogen-bond donors (Lipinski definition) is 3.